The van der Waals surface area contributed by atoms with Gasteiger partial charge in [0.1, 0.15) is 5.82 Å². The first kappa shape index (κ1) is 13.5. The molecule has 4 nitrogen and oxygen atoms in total. The van der Waals surface area contributed by atoms with Gasteiger partial charge >= 0.3 is 0 Å². The van der Waals surface area contributed by atoms with Crippen molar-refractivity contribution < 1.29 is 14.0 Å². The van der Waals surface area contributed by atoms with Gasteiger partial charge < -0.3 is 9.74 Å². The molecule has 1 aromatic rings. The number of nitrogens with zero attached hydrogens (tertiary/aromatic N) is 2. The minimum atomic E-state index is -0.556. The van der Waals surface area contributed by atoms with Crippen molar-refractivity contribution in [3.63, 3.8) is 0 Å². The van der Waals surface area contributed by atoms with Crippen molar-refractivity contribution in [1.29, 1.82) is 0 Å². The zero-order chi connectivity index (χ0) is 13.8. The highest BCUT2D eigenvalue weighted by Gasteiger charge is 2.31. The van der Waals surface area contributed by atoms with Crippen LogP contribution in [0.25, 0.3) is 0 Å². The molecular weight excluding hydrogens is 247 g/mol. The normalized spacial score (nSPS) is 17.8. The van der Waals surface area contributed by atoms with E-state index in [1.807, 2.05) is 13.8 Å². The van der Waals surface area contributed by atoms with Gasteiger partial charge in [0, 0.05) is 19.5 Å². The third kappa shape index (κ3) is 2.92. The SMILES string of the molecule is CCN(CC)C(=O)[C@@H]1CC(c2ccc(F)cc2)=NO1. The average molecular weight is 264 g/mol. The van der Waals surface area contributed by atoms with Crippen LogP contribution in [0.3, 0.4) is 0 Å². The second kappa shape index (κ2) is 5.82. The van der Waals surface area contributed by atoms with Gasteiger partial charge in [-0.3, -0.25) is 4.79 Å². The van der Waals surface area contributed by atoms with Gasteiger partial charge in [-0.1, -0.05) is 17.3 Å². The second-order valence-corrected chi connectivity index (χ2v) is 4.35. The lowest BCUT2D eigenvalue weighted by Gasteiger charge is -2.20. The van der Waals surface area contributed by atoms with Crippen molar-refractivity contribution in [3.8, 4) is 0 Å². The van der Waals surface area contributed by atoms with Gasteiger partial charge in [-0.05, 0) is 31.5 Å². The summed E-state index contributed by atoms with van der Waals surface area (Å²) < 4.78 is 12.8. The molecule has 2 rings (SSSR count). The molecule has 1 heterocycles. The van der Waals surface area contributed by atoms with Crippen molar-refractivity contribution in [1.82, 2.24) is 4.90 Å². The first-order chi connectivity index (χ1) is 9.15. The van der Waals surface area contributed by atoms with Crippen LogP contribution in [-0.2, 0) is 9.63 Å². The van der Waals surface area contributed by atoms with E-state index in [2.05, 4.69) is 5.16 Å². The van der Waals surface area contributed by atoms with Crippen LogP contribution in [0.15, 0.2) is 29.4 Å². The minimum absolute atomic E-state index is 0.0501. The number of carbonyl (C=O) groups is 1. The number of likely N-dealkylation sites (N-methyl/N-ethyl adjacent to an activating group) is 1. The summed E-state index contributed by atoms with van der Waals surface area (Å²) in [5, 5.41) is 3.94. The molecule has 0 unspecified atom stereocenters. The largest absolute Gasteiger partial charge is 0.382 e. The quantitative estimate of drug-likeness (QED) is 0.836. The van der Waals surface area contributed by atoms with E-state index in [0.29, 0.717) is 25.2 Å². The lowest BCUT2D eigenvalue weighted by molar-refractivity contribution is -0.141. The smallest absolute Gasteiger partial charge is 0.266 e. The Bertz CT molecular complexity index is 481. The average Bonchev–Trinajstić information content (AvgIpc) is 2.90. The maximum absolute atomic E-state index is 12.8. The summed E-state index contributed by atoms with van der Waals surface area (Å²) in [6.45, 7) is 5.17. The van der Waals surface area contributed by atoms with Crippen molar-refractivity contribution >= 4 is 11.6 Å². The van der Waals surface area contributed by atoms with Gasteiger partial charge in [0.15, 0.2) is 0 Å². The molecule has 0 saturated carbocycles. The Hall–Kier alpha value is -1.91. The Morgan fingerprint density at radius 2 is 2.00 bits per heavy atom. The minimum Gasteiger partial charge on any atom is -0.382 e. The van der Waals surface area contributed by atoms with Crippen LogP contribution < -0.4 is 0 Å². The Balaban J connectivity index is 2.03. The third-order valence-corrected chi connectivity index (χ3v) is 3.20. The topological polar surface area (TPSA) is 41.9 Å². The fourth-order valence-electron chi connectivity index (χ4n) is 2.06. The van der Waals surface area contributed by atoms with Crippen LogP contribution in [0.5, 0.6) is 0 Å². The second-order valence-electron chi connectivity index (χ2n) is 4.35. The van der Waals surface area contributed by atoms with Crippen molar-refractivity contribution in [3.05, 3.63) is 35.6 Å². The molecule has 19 heavy (non-hydrogen) atoms. The Morgan fingerprint density at radius 3 is 2.58 bits per heavy atom. The van der Waals surface area contributed by atoms with Crippen LogP contribution in [0.4, 0.5) is 4.39 Å². The Kier molecular flexibility index (Phi) is 4.14. The molecule has 0 radical (unpaired) electrons. The highest BCUT2D eigenvalue weighted by Crippen LogP contribution is 2.18. The van der Waals surface area contributed by atoms with Crippen LogP contribution in [0, 0.1) is 5.82 Å². The molecular formula is C14H17FN2O2. The van der Waals surface area contributed by atoms with Crippen molar-refractivity contribution in [2.75, 3.05) is 13.1 Å². The summed E-state index contributed by atoms with van der Waals surface area (Å²) in [6, 6.07) is 6.03. The van der Waals surface area contributed by atoms with Crippen LogP contribution in [0.1, 0.15) is 25.8 Å². The van der Waals surface area contributed by atoms with Crippen LogP contribution in [0.2, 0.25) is 0 Å². The van der Waals surface area contributed by atoms with Crippen LogP contribution in [-0.4, -0.2) is 35.7 Å². The molecule has 1 atom stereocenters. The zero-order valence-corrected chi connectivity index (χ0v) is 11.1. The van der Waals surface area contributed by atoms with Crippen molar-refractivity contribution in [2.24, 2.45) is 5.16 Å². The third-order valence-electron chi connectivity index (χ3n) is 3.20. The van der Waals surface area contributed by atoms with Gasteiger partial charge in [0.2, 0.25) is 6.10 Å². The van der Waals surface area contributed by atoms with E-state index < -0.39 is 6.10 Å². The summed E-state index contributed by atoms with van der Waals surface area (Å²) in [4.78, 5) is 19.0. The fraction of sp³-hybridized carbons (Fsp3) is 0.429. The molecule has 1 aliphatic rings. The number of carbonyl (C=O) groups excluding carboxylic acids is 1. The number of hydrogen-bond donors (Lipinski definition) is 0. The van der Waals surface area contributed by atoms with Crippen LogP contribution >= 0.6 is 0 Å². The molecule has 5 heteroatoms. The summed E-state index contributed by atoms with van der Waals surface area (Å²) in [5.74, 6) is -0.343. The van der Waals surface area contributed by atoms with E-state index in [1.165, 1.54) is 12.1 Å². The van der Waals surface area contributed by atoms with E-state index in [1.54, 1.807) is 17.0 Å². The summed E-state index contributed by atoms with van der Waals surface area (Å²) in [6.07, 6.45) is -0.124. The molecule has 0 aromatic heterocycles. The van der Waals surface area contributed by atoms with E-state index in [9.17, 15) is 9.18 Å². The Morgan fingerprint density at radius 1 is 1.37 bits per heavy atom. The monoisotopic (exact) mass is 264 g/mol. The number of amides is 1. The molecule has 1 aromatic carbocycles. The first-order valence-corrected chi connectivity index (χ1v) is 6.43. The number of rotatable bonds is 4. The summed E-state index contributed by atoms with van der Waals surface area (Å²) in [7, 11) is 0. The zero-order valence-electron chi connectivity index (χ0n) is 11.1. The molecule has 102 valence electrons. The predicted molar refractivity (Wildman–Crippen MR) is 70.4 cm³/mol. The predicted octanol–water partition coefficient (Wildman–Crippen LogP) is 2.19. The van der Waals surface area contributed by atoms with Crippen molar-refractivity contribution in [2.45, 2.75) is 26.4 Å². The molecule has 0 bridgehead atoms. The van der Waals surface area contributed by atoms with E-state index in [0.717, 1.165) is 5.56 Å². The molecule has 1 amide bonds. The van der Waals surface area contributed by atoms with Gasteiger partial charge in [-0.2, -0.15) is 0 Å². The number of benzene rings is 1. The fourth-order valence-corrected chi connectivity index (χ4v) is 2.06. The highest BCUT2D eigenvalue weighted by atomic mass is 19.1. The number of oxime groups is 1. The van der Waals surface area contributed by atoms with Gasteiger partial charge in [-0.15, -0.1) is 0 Å². The van der Waals surface area contributed by atoms with Gasteiger partial charge in [0.25, 0.3) is 5.91 Å². The maximum Gasteiger partial charge on any atom is 0.266 e. The molecule has 0 N–H and O–H groups in total. The van der Waals surface area contributed by atoms with E-state index >= 15 is 0 Å². The standard InChI is InChI=1S/C14H17FN2O2/c1-3-17(4-2)14(18)13-9-12(16-19-13)10-5-7-11(15)8-6-10/h5-8,13H,3-4,9H2,1-2H3/t13-/m0/s1. The molecule has 1 aliphatic heterocycles. The molecule has 0 aliphatic carbocycles. The van der Waals surface area contributed by atoms with E-state index in [-0.39, 0.29) is 11.7 Å². The number of hydrogen-bond acceptors (Lipinski definition) is 3. The molecule has 0 saturated heterocycles. The van der Waals surface area contributed by atoms with Gasteiger partial charge in [0.05, 0.1) is 5.71 Å². The van der Waals surface area contributed by atoms with Gasteiger partial charge in [-0.25, -0.2) is 4.39 Å². The maximum atomic E-state index is 12.8. The summed E-state index contributed by atoms with van der Waals surface area (Å²) >= 11 is 0. The Labute approximate surface area is 111 Å². The lowest BCUT2D eigenvalue weighted by atomic mass is 10.0. The van der Waals surface area contributed by atoms with E-state index in [4.69, 9.17) is 4.84 Å². The molecule has 0 spiro atoms. The highest BCUT2D eigenvalue weighted by molar-refractivity contribution is 6.04. The first-order valence-electron chi connectivity index (χ1n) is 6.43. The summed E-state index contributed by atoms with van der Waals surface area (Å²) in [5.41, 5.74) is 1.47. The number of halogens is 1. The lowest BCUT2D eigenvalue weighted by Crippen LogP contribution is -2.39. The molecule has 0 fully saturated rings.